The van der Waals surface area contributed by atoms with Crippen LogP contribution in [0, 0.1) is 5.41 Å². The fourth-order valence-corrected chi connectivity index (χ4v) is 5.47. The van der Waals surface area contributed by atoms with Crippen LogP contribution in [0.5, 0.6) is 0 Å². The van der Waals surface area contributed by atoms with Gasteiger partial charge in [-0.15, -0.1) is 11.3 Å². The topological polar surface area (TPSA) is 73.2 Å². The van der Waals surface area contributed by atoms with E-state index in [1.165, 1.54) is 10.1 Å². The van der Waals surface area contributed by atoms with E-state index in [1.807, 2.05) is 28.8 Å². The van der Waals surface area contributed by atoms with E-state index in [0.29, 0.717) is 18.9 Å². The first kappa shape index (κ1) is 20.0. The van der Waals surface area contributed by atoms with Crippen molar-refractivity contribution in [1.82, 2.24) is 9.13 Å². The zero-order chi connectivity index (χ0) is 21.6. The number of hydrogen-bond acceptors (Lipinski definition) is 5. The molecule has 0 fully saturated rings. The summed E-state index contributed by atoms with van der Waals surface area (Å²) in [6.45, 7) is 5.47. The summed E-state index contributed by atoms with van der Waals surface area (Å²) in [5, 5.41) is 9.81. The SMILES string of the molecule is CC1(C)Cc2c(sc3c2c(=N)n(Cc2ccco2)c(=O)n3CCc2ccccc2)CO1. The molecule has 1 aromatic carbocycles. The summed E-state index contributed by atoms with van der Waals surface area (Å²) in [5.74, 6) is 0.664. The molecule has 0 atom stereocenters. The molecule has 160 valence electrons. The Balaban J connectivity index is 1.69. The normalized spacial score (nSPS) is 15.3. The highest BCUT2D eigenvalue weighted by Crippen LogP contribution is 2.37. The molecule has 0 saturated carbocycles. The first-order valence-corrected chi connectivity index (χ1v) is 11.3. The smallest absolute Gasteiger partial charge is 0.331 e. The molecule has 1 aliphatic heterocycles. The zero-order valence-electron chi connectivity index (χ0n) is 17.7. The molecule has 0 radical (unpaired) electrons. The molecule has 0 bridgehead atoms. The van der Waals surface area contributed by atoms with Crippen molar-refractivity contribution in [3.8, 4) is 0 Å². The summed E-state index contributed by atoms with van der Waals surface area (Å²) in [6.07, 6.45) is 3.07. The molecule has 5 rings (SSSR count). The molecule has 4 aromatic rings. The van der Waals surface area contributed by atoms with Gasteiger partial charge in [-0.25, -0.2) is 4.79 Å². The van der Waals surface area contributed by atoms with Crippen LogP contribution in [0.2, 0.25) is 0 Å². The van der Waals surface area contributed by atoms with Gasteiger partial charge in [0.15, 0.2) is 0 Å². The molecule has 0 saturated heterocycles. The first-order valence-electron chi connectivity index (χ1n) is 10.5. The molecular formula is C24H25N3O3S. The van der Waals surface area contributed by atoms with E-state index in [4.69, 9.17) is 14.6 Å². The average Bonchev–Trinajstić information content (AvgIpc) is 3.39. The van der Waals surface area contributed by atoms with Gasteiger partial charge in [-0.1, -0.05) is 30.3 Å². The van der Waals surface area contributed by atoms with Gasteiger partial charge in [-0.2, -0.15) is 0 Å². The van der Waals surface area contributed by atoms with Crippen molar-refractivity contribution in [2.24, 2.45) is 0 Å². The first-order chi connectivity index (χ1) is 14.9. The molecule has 4 heterocycles. The minimum Gasteiger partial charge on any atom is -0.467 e. The number of rotatable bonds is 5. The summed E-state index contributed by atoms with van der Waals surface area (Å²) >= 11 is 1.59. The number of aryl methyl sites for hydroxylation is 2. The number of aromatic nitrogens is 2. The lowest BCUT2D eigenvalue weighted by atomic mass is 9.94. The summed E-state index contributed by atoms with van der Waals surface area (Å²) in [6, 6.07) is 13.8. The monoisotopic (exact) mass is 435 g/mol. The number of benzene rings is 1. The van der Waals surface area contributed by atoms with Crippen LogP contribution in [0.4, 0.5) is 0 Å². The van der Waals surface area contributed by atoms with E-state index < -0.39 is 0 Å². The predicted molar refractivity (Wildman–Crippen MR) is 120 cm³/mol. The van der Waals surface area contributed by atoms with Crippen LogP contribution in [0.3, 0.4) is 0 Å². The van der Waals surface area contributed by atoms with Crippen LogP contribution in [0.25, 0.3) is 10.2 Å². The Hall–Kier alpha value is -2.90. The molecule has 1 N–H and O–H groups in total. The Kier molecular flexibility index (Phi) is 4.95. The van der Waals surface area contributed by atoms with Crippen molar-refractivity contribution in [1.29, 1.82) is 5.41 Å². The molecule has 0 amide bonds. The van der Waals surface area contributed by atoms with Crippen molar-refractivity contribution in [2.75, 3.05) is 0 Å². The minimum absolute atomic E-state index is 0.177. The van der Waals surface area contributed by atoms with Crippen LogP contribution in [-0.2, 0) is 37.3 Å². The fraction of sp³-hybridized carbons (Fsp3) is 0.333. The Labute approximate surface area is 183 Å². The molecule has 3 aromatic heterocycles. The zero-order valence-corrected chi connectivity index (χ0v) is 18.5. The number of ether oxygens (including phenoxy) is 1. The highest BCUT2D eigenvalue weighted by molar-refractivity contribution is 7.18. The lowest BCUT2D eigenvalue weighted by Gasteiger charge is -2.30. The second kappa shape index (κ2) is 7.66. The number of fused-ring (bicyclic) bond motifs is 3. The van der Waals surface area contributed by atoms with Gasteiger partial charge < -0.3 is 9.15 Å². The van der Waals surface area contributed by atoms with Crippen LogP contribution in [0.1, 0.15) is 35.6 Å². The van der Waals surface area contributed by atoms with Gasteiger partial charge in [-0.3, -0.25) is 14.5 Å². The van der Waals surface area contributed by atoms with E-state index in [2.05, 4.69) is 26.0 Å². The van der Waals surface area contributed by atoms with Crippen molar-refractivity contribution < 1.29 is 9.15 Å². The molecule has 0 unspecified atom stereocenters. The third-order valence-corrected chi connectivity index (χ3v) is 7.07. The number of nitrogens with zero attached hydrogens (tertiary/aromatic N) is 2. The van der Waals surface area contributed by atoms with Gasteiger partial charge in [0, 0.05) is 17.8 Å². The molecule has 0 spiro atoms. The lowest BCUT2D eigenvalue weighted by molar-refractivity contribution is -0.0379. The quantitative estimate of drug-likeness (QED) is 0.513. The van der Waals surface area contributed by atoms with Crippen molar-refractivity contribution in [2.45, 2.75) is 52.0 Å². The van der Waals surface area contributed by atoms with E-state index in [1.54, 1.807) is 23.7 Å². The van der Waals surface area contributed by atoms with Gasteiger partial charge in [0.05, 0.1) is 30.4 Å². The minimum atomic E-state index is -0.287. The second-order valence-corrected chi connectivity index (χ2v) is 9.68. The summed E-state index contributed by atoms with van der Waals surface area (Å²) in [4.78, 5) is 15.5. The van der Waals surface area contributed by atoms with Gasteiger partial charge in [0.25, 0.3) is 0 Å². The Morgan fingerprint density at radius 3 is 2.68 bits per heavy atom. The van der Waals surface area contributed by atoms with E-state index in [-0.39, 0.29) is 23.3 Å². The van der Waals surface area contributed by atoms with Gasteiger partial charge in [0.2, 0.25) is 0 Å². The maximum Gasteiger partial charge on any atom is 0.331 e. The molecule has 1 aliphatic rings. The predicted octanol–water partition coefficient (Wildman–Crippen LogP) is 4.08. The maximum atomic E-state index is 13.5. The fourth-order valence-electron chi connectivity index (χ4n) is 4.22. The average molecular weight is 436 g/mol. The number of thiophene rings is 1. The number of furan rings is 1. The summed E-state index contributed by atoms with van der Waals surface area (Å²) < 4.78 is 14.9. The van der Waals surface area contributed by atoms with E-state index in [9.17, 15) is 4.79 Å². The maximum absolute atomic E-state index is 13.5. The Morgan fingerprint density at radius 1 is 1.13 bits per heavy atom. The van der Waals surface area contributed by atoms with E-state index >= 15 is 0 Å². The second-order valence-electron chi connectivity index (χ2n) is 8.59. The highest BCUT2D eigenvalue weighted by Gasteiger charge is 2.31. The third-order valence-electron chi connectivity index (χ3n) is 5.84. The molecule has 6 nitrogen and oxygen atoms in total. The number of nitrogens with one attached hydrogen (secondary N) is 1. The van der Waals surface area contributed by atoms with Crippen LogP contribution < -0.4 is 11.2 Å². The standard InChI is InChI=1S/C24H25N3O3S/c1-24(2)13-18-19(15-30-24)31-22-20(18)21(25)27(14-17-9-6-12-29-17)23(28)26(22)11-10-16-7-4-3-5-8-16/h3-9,12,25H,10-11,13-15H2,1-2H3. The molecule has 0 aliphatic carbocycles. The van der Waals surface area contributed by atoms with Crippen molar-refractivity contribution in [3.05, 3.63) is 86.5 Å². The largest absolute Gasteiger partial charge is 0.467 e. The van der Waals surface area contributed by atoms with Crippen molar-refractivity contribution >= 4 is 21.6 Å². The molecule has 7 heteroatoms. The van der Waals surface area contributed by atoms with Crippen molar-refractivity contribution in [3.63, 3.8) is 0 Å². The summed E-state index contributed by atoms with van der Waals surface area (Å²) in [5.41, 5.74) is 2.11. The van der Waals surface area contributed by atoms with Crippen LogP contribution >= 0.6 is 11.3 Å². The van der Waals surface area contributed by atoms with Gasteiger partial charge in [0.1, 0.15) is 16.1 Å². The highest BCUT2D eigenvalue weighted by atomic mass is 32.1. The third kappa shape index (κ3) is 3.68. The summed E-state index contributed by atoms with van der Waals surface area (Å²) in [7, 11) is 0. The van der Waals surface area contributed by atoms with Gasteiger partial charge in [-0.05, 0) is 43.5 Å². The van der Waals surface area contributed by atoms with Crippen LogP contribution in [-0.4, -0.2) is 14.7 Å². The van der Waals surface area contributed by atoms with Gasteiger partial charge >= 0.3 is 5.69 Å². The Morgan fingerprint density at radius 2 is 1.94 bits per heavy atom. The van der Waals surface area contributed by atoms with Crippen LogP contribution in [0.15, 0.2) is 57.9 Å². The van der Waals surface area contributed by atoms with E-state index in [0.717, 1.165) is 33.5 Å². The lowest BCUT2D eigenvalue weighted by Crippen LogP contribution is -2.41. The molecular weight excluding hydrogens is 410 g/mol. The number of hydrogen-bond donors (Lipinski definition) is 1. The Bertz CT molecular complexity index is 1340. The molecule has 31 heavy (non-hydrogen) atoms.